The van der Waals surface area contributed by atoms with E-state index in [-0.39, 0.29) is 12.8 Å². The number of phosphoric ester groups is 1. The molecular formula is C42H80NO11P. The number of hydrogen-bond donors (Lipinski definition) is 7. The van der Waals surface area contributed by atoms with Crippen molar-refractivity contribution in [2.24, 2.45) is 5.73 Å². The van der Waals surface area contributed by atoms with Gasteiger partial charge in [-0.3, -0.25) is 18.9 Å². The van der Waals surface area contributed by atoms with Crippen molar-refractivity contribution in [3.63, 3.8) is 0 Å². The van der Waals surface area contributed by atoms with E-state index >= 15 is 0 Å². The number of carbonyl (C=O) groups excluding carboxylic acids is 2. The number of allylic oxidation sites excluding steroid dienone is 4. The molecule has 0 aromatic heterocycles. The molecule has 0 radical (unpaired) electrons. The number of aliphatic hydroxyl groups excluding tert-OH is 2. The third-order valence-electron chi connectivity index (χ3n) is 9.58. The van der Waals surface area contributed by atoms with Gasteiger partial charge in [0.25, 0.3) is 0 Å². The third-order valence-corrected chi connectivity index (χ3v) is 10.1. The molecule has 0 rings (SSSR count). The highest BCUT2D eigenvalue weighted by molar-refractivity contribution is 7.46. The predicted octanol–water partition coefficient (Wildman–Crippen LogP) is 8.79. The van der Waals surface area contributed by atoms with Crippen LogP contribution in [0.2, 0.25) is 0 Å². The van der Waals surface area contributed by atoms with Gasteiger partial charge in [0.2, 0.25) is 5.60 Å². The van der Waals surface area contributed by atoms with E-state index < -0.39 is 56.3 Å². The van der Waals surface area contributed by atoms with Crippen molar-refractivity contribution in [1.82, 2.24) is 0 Å². The summed E-state index contributed by atoms with van der Waals surface area (Å²) in [6.07, 6.45) is 37.3. The lowest BCUT2D eigenvalue weighted by atomic mass is 9.82. The van der Waals surface area contributed by atoms with Crippen molar-refractivity contribution in [2.75, 3.05) is 13.2 Å². The quantitative estimate of drug-likeness (QED) is 0.0135. The first-order chi connectivity index (χ1) is 26.3. The number of carboxylic acids is 1. The van der Waals surface area contributed by atoms with E-state index in [0.717, 1.165) is 64.2 Å². The summed E-state index contributed by atoms with van der Waals surface area (Å²) in [5.41, 5.74) is 2.37. The molecule has 13 heteroatoms. The molecular weight excluding hydrogens is 725 g/mol. The van der Waals surface area contributed by atoms with Crippen LogP contribution >= 0.6 is 7.82 Å². The zero-order valence-electron chi connectivity index (χ0n) is 34.4. The second-order valence-corrected chi connectivity index (χ2v) is 16.0. The first kappa shape index (κ1) is 55.3. The highest BCUT2D eigenvalue weighted by Crippen LogP contribution is 2.35. The second kappa shape index (κ2) is 37.8. The Morgan fingerprint density at radius 1 is 0.618 bits per heavy atom. The summed E-state index contributed by atoms with van der Waals surface area (Å²) in [5, 5.41) is 38.7. The van der Waals surface area contributed by atoms with E-state index in [1.54, 1.807) is 0 Å². The van der Waals surface area contributed by atoms with Crippen molar-refractivity contribution < 1.29 is 53.7 Å². The van der Waals surface area contributed by atoms with E-state index in [1.165, 1.54) is 89.9 Å². The molecule has 0 aromatic carbocycles. The lowest BCUT2D eigenvalue weighted by Gasteiger charge is -2.29. The van der Waals surface area contributed by atoms with Crippen molar-refractivity contribution >= 4 is 25.4 Å². The molecule has 0 saturated carbocycles. The molecule has 8 N–H and O–H groups in total. The number of nitrogens with two attached hydrogens (primary N) is 1. The third kappa shape index (κ3) is 34.0. The maximum absolute atomic E-state index is 12.8. The Kier molecular flexibility index (Phi) is 38.0. The first-order valence-electron chi connectivity index (χ1n) is 21.3. The standard InChI is InChI=1S/C39H72O5.C3H8NO6P/c1-3-5-7-9-11-13-15-17-19-21-23-25-27-29-31-33-36(41)39(44,38(43)35-40)37(42)34-32-30-28-26-24-22-20-18-16-14-12-10-8-6-4-2;4-2(3(5)6)1-10-11(7,8)9/h17-20,38,40,43-44H,3-16,21-35H2,1-2H3;2H,1,4H2,(H,5,6)(H2,7,8,9)/b19-17-,20-18-;/t38-;2-/m00/s1. The van der Waals surface area contributed by atoms with Crippen LogP contribution in [0.1, 0.15) is 194 Å². The Hall–Kier alpha value is -1.76. The Bertz CT molecular complexity index is 994. The summed E-state index contributed by atoms with van der Waals surface area (Å²) in [6, 6.07) is -1.41. The van der Waals surface area contributed by atoms with E-state index in [0.29, 0.717) is 12.8 Å². The summed E-state index contributed by atoms with van der Waals surface area (Å²) < 4.78 is 13.8. The minimum absolute atomic E-state index is 0.0455. The van der Waals surface area contributed by atoms with Crippen molar-refractivity contribution in [3.8, 4) is 0 Å². The molecule has 0 spiro atoms. The smallest absolute Gasteiger partial charge is 0.469 e. The van der Waals surface area contributed by atoms with Crippen LogP contribution < -0.4 is 5.73 Å². The van der Waals surface area contributed by atoms with E-state index in [2.05, 4.69) is 42.7 Å². The summed E-state index contributed by atoms with van der Waals surface area (Å²) in [7, 11) is -4.60. The maximum Gasteiger partial charge on any atom is 0.469 e. The molecule has 0 aliphatic carbocycles. The number of aliphatic hydroxyl groups is 3. The zero-order chi connectivity index (χ0) is 41.6. The molecule has 0 fully saturated rings. The highest BCUT2D eigenvalue weighted by Gasteiger charge is 2.48. The van der Waals surface area contributed by atoms with Crippen molar-refractivity contribution in [2.45, 2.75) is 211 Å². The van der Waals surface area contributed by atoms with Gasteiger partial charge in [-0.2, -0.15) is 0 Å². The normalized spacial score (nSPS) is 13.2. The Labute approximate surface area is 333 Å². The summed E-state index contributed by atoms with van der Waals surface area (Å²) >= 11 is 0. The molecule has 55 heavy (non-hydrogen) atoms. The summed E-state index contributed by atoms with van der Waals surface area (Å²) in [6.45, 7) is 2.97. The lowest BCUT2D eigenvalue weighted by Crippen LogP contribution is -2.57. The largest absolute Gasteiger partial charge is 0.480 e. The van der Waals surface area contributed by atoms with Crippen LogP contribution in [-0.2, 0) is 23.5 Å². The molecule has 0 unspecified atom stereocenters. The molecule has 0 amide bonds. The number of ketones is 2. The van der Waals surface area contributed by atoms with Gasteiger partial charge in [0.1, 0.15) is 12.1 Å². The Balaban J connectivity index is 0. The average Bonchev–Trinajstić information content (AvgIpc) is 3.15. The van der Waals surface area contributed by atoms with E-state index in [4.69, 9.17) is 20.6 Å². The van der Waals surface area contributed by atoms with Crippen LogP contribution in [0.15, 0.2) is 24.3 Å². The number of rotatable bonds is 38. The SMILES string of the molecule is CCCCCCCC/C=C\CCCCCCCC(=O)C(O)(C(=O)CCCCCCC/C=C\CCCCCCCC)[C@@H](O)CO.N[C@@H](COP(=O)(O)O)C(=O)O. The second-order valence-electron chi connectivity index (χ2n) is 14.7. The number of Topliss-reactive ketones (excluding diaryl/α,β-unsaturated/α-hetero) is 2. The number of hydrogen-bond acceptors (Lipinski definition) is 9. The van der Waals surface area contributed by atoms with Gasteiger partial charge in [-0.25, -0.2) is 4.57 Å². The average molecular weight is 806 g/mol. The Morgan fingerprint density at radius 3 is 1.22 bits per heavy atom. The molecule has 0 heterocycles. The van der Waals surface area contributed by atoms with Gasteiger partial charge in [0, 0.05) is 12.8 Å². The highest BCUT2D eigenvalue weighted by atomic mass is 31.2. The fraction of sp³-hybridized carbons (Fsp3) is 0.833. The van der Waals surface area contributed by atoms with Crippen LogP contribution in [0.5, 0.6) is 0 Å². The molecule has 0 aliphatic heterocycles. The van der Waals surface area contributed by atoms with Crippen LogP contribution in [-0.4, -0.2) is 78.7 Å². The minimum atomic E-state index is -4.60. The number of aliphatic carboxylic acids is 1. The molecule has 0 aliphatic rings. The van der Waals surface area contributed by atoms with Crippen LogP contribution in [0.3, 0.4) is 0 Å². The Morgan fingerprint density at radius 2 is 0.927 bits per heavy atom. The molecule has 0 saturated heterocycles. The number of carbonyl (C=O) groups is 3. The fourth-order valence-corrected chi connectivity index (χ4v) is 6.36. The van der Waals surface area contributed by atoms with Crippen LogP contribution in [0.4, 0.5) is 0 Å². The van der Waals surface area contributed by atoms with Gasteiger partial charge in [0.05, 0.1) is 13.2 Å². The summed E-state index contributed by atoms with van der Waals surface area (Å²) in [4.78, 5) is 51.8. The topological polar surface area (TPSA) is 225 Å². The molecule has 0 bridgehead atoms. The van der Waals surface area contributed by atoms with Gasteiger partial charge in [-0.05, 0) is 64.2 Å². The van der Waals surface area contributed by atoms with E-state index in [1.807, 2.05) is 0 Å². The van der Waals surface area contributed by atoms with Gasteiger partial charge in [-0.1, -0.05) is 141 Å². The fourth-order valence-electron chi connectivity index (χ4n) is 6.00. The molecule has 12 nitrogen and oxygen atoms in total. The van der Waals surface area contributed by atoms with Gasteiger partial charge in [0.15, 0.2) is 11.6 Å². The van der Waals surface area contributed by atoms with Crippen LogP contribution in [0, 0.1) is 0 Å². The number of phosphoric acid groups is 1. The van der Waals surface area contributed by atoms with Crippen LogP contribution in [0.25, 0.3) is 0 Å². The minimum Gasteiger partial charge on any atom is -0.480 e. The number of unbranched alkanes of at least 4 members (excludes halogenated alkanes) is 22. The molecule has 2 atom stereocenters. The molecule has 0 aromatic rings. The predicted molar refractivity (Wildman–Crippen MR) is 221 cm³/mol. The lowest BCUT2D eigenvalue weighted by molar-refractivity contribution is -0.166. The maximum atomic E-state index is 12.8. The van der Waals surface area contributed by atoms with Gasteiger partial charge in [-0.15, -0.1) is 0 Å². The zero-order valence-corrected chi connectivity index (χ0v) is 35.3. The van der Waals surface area contributed by atoms with Gasteiger partial charge < -0.3 is 35.9 Å². The van der Waals surface area contributed by atoms with Crippen molar-refractivity contribution in [1.29, 1.82) is 0 Å². The molecule has 324 valence electrons. The first-order valence-corrected chi connectivity index (χ1v) is 22.9. The summed E-state index contributed by atoms with van der Waals surface area (Å²) in [5.74, 6) is -2.69. The van der Waals surface area contributed by atoms with Crippen molar-refractivity contribution in [3.05, 3.63) is 24.3 Å². The van der Waals surface area contributed by atoms with Gasteiger partial charge >= 0.3 is 13.8 Å². The monoisotopic (exact) mass is 806 g/mol. The number of carboxylic acid groups (broad SMARTS) is 1. The van der Waals surface area contributed by atoms with E-state index in [9.17, 15) is 34.3 Å².